The Kier molecular flexibility index (Phi) is 7.60. The summed E-state index contributed by atoms with van der Waals surface area (Å²) in [6, 6.07) is 3.78. The third-order valence-electron chi connectivity index (χ3n) is 2.92. The lowest BCUT2D eigenvalue weighted by Gasteiger charge is -2.00. The van der Waals surface area contributed by atoms with E-state index >= 15 is 0 Å². The predicted molar refractivity (Wildman–Crippen MR) is 79.1 cm³/mol. The summed E-state index contributed by atoms with van der Waals surface area (Å²) in [5.74, 6) is -2.26. The Balaban J connectivity index is 2.18. The zero-order chi connectivity index (χ0) is 16.4. The van der Waals surface area contributed by atoms with Gasteiger partial charge < -0.3 is 10.2 Å². The second-order valence-electron chi connectivity index (χ2n) is 4.81. The second kappa shape index (κ2) is 9.49. The lowest BCUT2D eigenvalue weighted by Crippen LogP contribution is -2.16. The van der Waals surface area contributed by atoms with Crippen LogP contribution in [0.25, 0.3) is 0 Å². The molecule has 0 radical (unpaired) electrons. The molecule has 6 nitrogen and oxygen atoms in total. The number of hydrogen-bond donors (Lipinski definition) is 3. The maximum Gasteiger partial charge on any atom is 0.303 e. The molecule has 0 fully saturated rings. The van der Waals surface area contributed by atoms with Crippen LogP contribution in [-0.2, 0) is 9.59 Å². The summed E-state index contributed by atoms with van der Waals surface area (Å²) in [5.41, 5.74) is 2.75. The standard InChI is InChI=1S/C15H19FN2O4/c16-12-9-11(7-8-13(12)19)10-17-18-14(20)5-3-1-2-4-6-15(21)22/h7-10,19H,1-6H2,(H,18,20)(H,21,22)/b17-10+. The molecule has 0 unspecified atom stereocenters. The predicted octanol–water partition coefficient (Wildman–Crippen LogP) is 2.41. The normalized spacial score (nSPS) is 10.8. The fraction of sp³-hybridized carbons (Fsp3) is 0.400. The summed E-state index contributed by atoms with van der Waals surface area (Å²) >= 11 is 0. The molecule has 1 aromatic rings. The van der Waals surface area contributed by atoms with Crippen LogP contribution in [0.4, 0.5) is 4.39 Å². The molecule has 22 heavy (non-hydrogen) atoms. The van der Waals surface area contributed by atoms with Crippen molar-refractivity contribution in [1.29, 1.82) is 0 Å². The van der Waals surface area contributed by atoms with Gasteiger partial charge in [0.15, 0.2) is 11.6 Å². The number of nitrogens with one attached hydrogen (secondary N) is 1. The number of aromatic hydroxyl groups is 1. The molecule has 0 aromatic heterocycles. The fourth-order valence-corrected chi connectivity index (χ4v) is 1.75. The van der Waals surface area contributed by atoms with Crippen molar-refractivity contribution in [3.05, 3.63) is 29.6 Å². The monoisotopic (exact) mass is 310 g/mol. The number of nitrogens with zero attached hydrogens (tertiary/aromatic N) is 1. The summed E-state index contributed by atoms with van der Waals surface area (Å²) in [6.45, 7) is 0. The molecule has 0 heterocycles. The van der Waals surface area contributed by atoms with Gasteiger partial charge in [-0.05, 0) is 36.6 Å². The minimum Gasteiger partial charge on any atom is -0.505 e. The first-order valence-electron chi connectivity index (χ1n) is 7.01. The maximum absolute atomic E-state index is 13.0. The van der Waals surface area contributed by atoms with E-state index in [2.05, 4.69) is 10.5 Å². The zero-order valence-electron chi connectivity index (χ0n) is 12.1. The minimum absolute atomic E-state index is 0.152. The summed E-state index contributed by atoms with van der Waals surface area (Å²) in [4.78, 5) is 21.8. The largest absolute Gasteiger partial charge is 0.505 e. The molecular weight excluding hydrogens is 291 g/mol. The zero-order valence-corrected chi connectivity index (χ0v) is 12.1. The minimum atomic E-state index is -0.808. The lowest BCUT2D eigenvalue weighted by atomic mass is 10.1. The number of carboxylic acids is 1. The van der Waals surface area contributed by atoms with Crippen LogP contribution in [0.5, 0.6) is 5.75 Å². The van der Waals surface area contributed by atoms with Crippen molar-refractivity contribution in [2.24, 2.45) is 5.10 Å². The number of hydrazone groups is 1. The first-order chi connectivity index (χ1) is 10.5. The molecule has 1 aromatic carbocycles. The van der Waals surface area contributed by atoms with Crippen molar-refractivity contribution in [3.63, 3.8) is 0 Å². The van der Waals surface area contributed by atoms with Crippen molar-refractivity contribution < 1.29 is 24.2 Å². The number of phenolic OH excluding ortho intramolecular Hbond substituents is 1. The molecule has 0 atom stereocenters. The third kappa shape index (κ3) is 7.37. The highest BCUT2D eigenvalue weighted by atomic mass is 19.1. The molecule has 0 spiro atoms. The fourth-order valence-electron chi connectivity index (χ4n) is 1.75. The van der Waals surface area contributed by atoms with Crippen LogP contribution in [0.3, 0.4) is 0 Å². The van der Waals surface area contributed by atoms with Gasteiger partial charge in [-0.2, -0.15) is 5.10 Å². The molecule has 3 N–H and O–H groups in total. The number of benzene rings is 1. The van der Waals surface area contributed by atoms with Gasteiger partial charge in [0.25, 0.3) is 0 Å². The Morgan fingerprint density at radius 1 is 1.18 bits per heavy atom. The summed E-state index contributed by atoms with van der Waals surface area (Å²) in [5, 5.41) is 21.2. The highest BCUT2D eigenvalue weighted by Crippen LogP contribution is 2.14. The van der Waals surface area contributed by atoms with Gasteiger partial charge in [-0.15, -0.1) is 0 Å². The number of phenols is 1. The molecule has 0 bridgehead atoms. The molecule has 7 heteroatoms. The van der Waals surface area contributed by atoms with E-state index in [-0.39, 0.29) is 12.3 Å². The highest BCUT2D eigenvalue weighted by molar-refractivity contribution is 5.82. The number of carbonyl (C=O) groups excluding carboxylic acids is 1. The van der Waals surface area contributed by atoms with Crippen molar-refractivity contribution >= 4 is 18.1 Å². The summed E-state index contributed by atoms with van der Waals surface area (Å²) in [7, 11) is 0. The van der Waals surface area contributed by atoms with E-state index in [1.165, 1.54) is 18.3 Å². The van der Waals surface area contributed by atoms with Crippen LogP contribution in [0.1, 0.15) is 44.1 Å². The molecule has 0 saturated heterocycles. The topological polar surface area (TPSA) is 99.0 Å². The maximum atomic E-state index is 13.0. The van der Waals surface area contributed by atoms with Gasteiger partial charge in [-0.3, -0.25) is 9.59 Å². The molecule has 0 aliphatic carbocycles. The van der Waals surface area contributed by atoms with Crippen LogP contribution in [0.2, 0.25) is 0 Å². The molecule has 0 aliphatic rings. The van der Waals surface area contributed by atoms with E-state index in [4.69, 9.17) is 10.2 Å². The van der Waals surface area contributed by atoms with E-state index in [0.717, 1.165) is 18.9 Å². The van der Waals surface area contributed by atoms with Crippen LogP contribution in [-0.4, -0.2) is 28.3 Å². The van der Waals surface area contributed by atoms with Gasteiger partial charge >= 0.3 is 5.97 Å². The number of unbranched alkanes of at least 4 members (excludes halogenated alkanes) is 3. The smallest absolute Gasteiger partial charge is 0.303 e. The third-order valence-corrected chi connectivity index (χ3v) is 2.92. The average molecular weight is 310 g/mol. The van der Waals surface area contributed by atoms with Gasteiger partial charge in [0.2, 0.25) is 5.91 Å². The quantitative estimate of drug-likeness (QED) is 0.370. The van der Waals surface area contributed by atoms with E-state index in [9.17, 15) is 14.0 Å². The number of rotatable bonds is 9. The van der Waals surface area contributed by atoms with Crippen molar-refractivity contribution in [2.45, 2.75) is 38.5 Å². The molecule has 120 valence electrons. The highest BCUT2D eigenvalue weighted by Gasteiger charge is 2.02. The Hall–Kier alpha value is -2.44. The van der Waals surface area contributed by atoms with Crippen LogP contribution in [0, 0.1) is 5.82 Å². The van der Waals surface area contributed by atoms with Crippen LogP contribution < -0.4 is 5.43 Å². The SMILES string of the molecule is O=C(O)CCCCCCC(=O)N/N=C/c1ccc(O)c(F)c1. The van der Waals surface area contributed by atoms with E-state index in [1.54, 1.807) is 0 Å². The molecular formula is C15H19FN2O4. The second-order valence-corrected chi connectivity index (χ2v) is 4.81. The van der Waals surface area contributed by atoms with Gasteiger partial charge in [0.1, 0.15) is 0 Å². The number of halogens is 1. The van der Waals surface area contributed by atoms with Gasteiger partial charge in [0.05, 0.1) is 6.21 Å². The van der Waals surface area contributed by atoms with Crippen LogP contribution >= 0.6 is 0 Å². The Bertz CT molecular complexity index is 546. The van der Waals surface area contributed by atoms with Crippen molar-refractivity contribution in [2.75, 3.05) is 0 Å². The Labute approximate surface area is 127 Å². The van der Waals surface area contributed by atoms with Gasteiger partial charge in [-0.25, -0.2) is 9.82 Å². The summed E-state index contributed by atoms with van der Waals surface area (Å²) in [6.07, 6.45) is 4.57. The first kappa shape index (κ1) is 17.6. The lowest BCUT2D eigenvalue weighted by molar-refractivity contribution is -0.137. The molecule has 0 saturated carbocycles. The van der Waals surface area contributed by atoms with Crippen molar-refractivity contribution in [1.82, 2.24) is 5.43 Å². The van der Waals surface area contributed by atoms with E-state index in [1.807, 2.05) is 0 Å². The molecule has 0 aliphatic heterocycles. The molecule has 1 rings (SSSR count). The number of hydrogen-bond acceptors (Lipinski definition) is 4. The Morgan fingerprint density at radius 3 is 2.50 bits per heavy atom. The molecule has 1 amide bonds. The van der Waals surface area contributed by atoms with Gasteiger partial charge in [-0.1, -0.05) is 12.8 Å². The van der Waals surface area contributed by atoms with Gasteiger partial charge in [0, 0.05) is 12.8 Å². The Morgan fingerprint density at radius 2 is 1.86 bits per heavy atom. The van der Waals surface area contributed by atoms with E-state index < -0.39 is 17.5 Å². The first-order valence-corrected chi connectivity index (χ1v) is 7.01. The van der Waals surface area contributed by atoms with Crippen molar-refractivity contribution in [3.8, 4) is 5.75 Å². The average Bonchev–Trinajstić information content (AvgIpc) is 2.46. The summed E-state index contributed by atoms with van der Waals surface area (Å²) < 4.78 is 13.0. The number of amides is 1. The number of carboxylic acid groups (broad SMARTS) is 1. The number of aliphatic carboxylic acids is 1. The number of carbonyl (C=O) groups is 2. The van der Waals surface area contributed by atoms with Crippen LogP contribution in [0.15, 0.2) is 23.3 Å². The van der Waals surface area contributed by atoms with E-state index in [0.29, 0.717) is 24.8 Å².